The molecular formula is C9H22N2O2S. The zero-order valence-corrected chi connectivity index (χ0v) is 10.3. The van der Waals surface area contributed by atoms with Gasteiger partial charge >= 0.3 is 0 Å². The molecule has 0 aromatic rings. The fraction of sp³-hybridized carbons (Fsp3) is 1.00. The summed E-state index contributed by atoms with van der Waals surface area (Å²) in [4.78, 5) is 1.94. The third-order valence-electron chi connectivity index (χ3n) is 1.95. The zero-order chi connectivity index (χ0) is 11.1. The molecule has 0 heterocycles. The van der Waals surface area contributed by atoms with E-state index in [9.17, 15) is 9.32 Å². The molecule has 0 aromatic carbocycles. The number of nitrogens with one attached hydrogen (secondary N) is 1. The standard InChI is InChI=1S/C9H22N2O2S/c1-8(14(4)13)5-10-6-9(12)7-11(2)3/h8-10,12H,5-7H2,1-4H3. The van der Waals surface area contributed by atoms with Gasteiger partial charge in [0.1, 0.15) is 0 Å². The maximum Gasteiger partial charge on any atom is 0.0791 e. The van der Waals surface area contributed by atoms with Crippen LogP contribution < -0.4 is 5.32 Å². The van der Waals surface area contributed by atoms with Crippen LogP contribution in [0.2, 0.25) is 0 Å². The van der Waals surface area contributed by atoms with Crippen molar-refractivity contribution in [3.05, 3.63) is 0 Å². The Morgan fingerprint density at radius 3 is 2.43 bits per heavy atom. The van der Waals surface area contributed by atoms with Crippen LogP contribution in [0, 0.1) is 0 Å². The van der Waals surface area contributed by atoms with Crippen molar-refractivity contribution in [1.82, 2.24) is 10.2 Å². The second kappa shape index (κ2) is 7.34. The van der Waals surface area contributed by atoms with Gasteiger partial charge in [-0.25, -0.2) is 0 Å². The molecule has 86 valence electrons. The second-order valence-corrected chi connectivity index (χ2v) is 5.69. The Morgan fingerprint density at radius 2 is 2.00 bits per heavy atom. The van der Waals surface area contributed by atoms with E-state index in [-0.39, 0.29) is 11.4 Å². The van der Waals surface area contributed by atoms with E-state index in [4.69, 9.17) is 0 Å². The molecule has 5 heteroatoms. The molecule has 3 atom stereocenters. The fourth-order valence-corrected chi connectivity index (χ4v) is 1.41. The molecule has 0 aromatic heterocycles. The van der Waals surface area contributed by atoms with E-state index < -0.39 is 10.8 Å². The van der Waals surface area contributed by atoms with Crippen LogP contribution in [0.5, 0.6) is 0 Å². The number of aliphatic hydroxyl groups excluding tert-OH is 1. The Balaban J connectivity index is 3.48. The molecule has 2 N–H and O–H groups in total. The van der Waals surface area contributed by atoms with Gasteiger partial charge in [0, 0.05) is 41.9 Å². The van der Waals surface area contributed by atoms with Crippen LogP contribution in [0.15, 0.2) is 0 Å². The van der Waals surface area contributed by atoms with E-state index in [1.165, 1.54) is 0 Å². The number of nitrogens with zero attached hydrogens (tertiary/aromatic N) is 1. The average Bonchev–Trinajstić information content (AvgIpc) is 2.02. The Labute approximate surface area is 89.1 Å². The second-order valence-electron chi connectivity index (χ2n) is 3.88. The first-order chi connectivity index (χ1) is 6.43. The van der Waals surface area contributed by atoms with Crippen LogP contribution >= 0.6 is 0 Å². The third-order valence-corrected chi connectivity index (χ3v) is 3.25. The Hall–Kier alpha value is 0.0300. The van der Waals surface area contributed by atoms with Crippen LogP contribution in [-0.2, 0) is 10.8 Å². The van der Waals surface area contributed by atoms with Gasteiger partial charge in [-0.05, 0) is 21.0 Å². The van der Waals surface area contributed by atoms with Crippen molar-refractivity contribution in [2.75, 3.05) is 40.0 Å². The van der Waals surface area contributed by atoms with Gasteiger partial charge < -0.3 is 15.3 Å². The highest BCUT2D eigenvalue weighted by atomic mass is 32.2. The number of rotatable bonds is 7. The van der Waals surface area contributed by atoms with E-state index in [0.29, 0.717) is 19.6 Å². The summed E-state index contributed by atoms with van der Waals surface area (Å²) in [6.45, 7) is 3.82. The number of aliphatic hydroxyl groups is 1. The normalized spacial score (nSPS) is 18.1. The van der Waals surface area contributed by atoms with Gasteiger partial charge in [-0.1, -0.05) is 0 Å². The number of likely N-dealkylation sites (N-methyl/N-ethyl adjacent to an activating group) is 1. The van der Waals surface area contributed by atoms with Crippen molar-refractivity contribution in [2.24, 2.45) is 0 Å². The monoisotopic (exact) mass is 222 g/mol. The van der Waals surface area contributed by atoms with Crippen molar-refractivity contribution in [2.45, 2.75) is 18.3 Å². The molecule has 3 unspecified atom stereocenters. The van der Waals surface area contributed by atoms with E-state index >= 15 is 0 Å². The van der Waals surface area contributed by atoms with Gasteiger partial charge in [-0.3, -0.25) is 4.21 Å². The van der Waals surface area contributed by atoms with Crippen molar-refractivity contribution in [3.8, 4) is 0 Å². The lowest BCUT2D eigenvalue weighted by atomic mass is 10.3. The van der Waals surface area contributed by atoms with E-state index in [1.807, 2.05) is 25.9 Å². The molecule has 0 bridgehead atoms. The Morgan fingerprint density at radius 1 is 1.43 bits per heavy atom. The van der Waals surface area contributed by atoms with Crippen LogP contribution in [-0.4, -0.2) is 65.6 Å². The van der Waals surface area contributed by atoms with E-state index in [1.54, 1.807) is 6.26 Å². The molecule has 0 radical (unpaired) electrons. The van der Waals surface area contributed by atoms with Crippen LogP contribution in [0.1, 0.15) is 6.92 Å². The van der Waals surface area contributed by atoms with Crippen LogP contribution in [0.3, 0.4) is 0 Å². The van der Waals surface area contributed by atoms with Gasteiger partial charge in [-0.2, -0.15) is 0 Å². The summed E-state index contributed by atoms with van der Waals surface area (Å²) >= 11 is 0. The Kier molecular flexibility index (Phi) is 7.35. The summed E-state index contributed by atoms with van der Waals surface area (Å²) in [5, 5.41) is 12.7. The molecule has 0 saturated heterocycles. The van der Waals surface area contributed by atoms with E-state index in [2.05, 4.69) is 5.32 Å². The summed E-state index contributed by atoms with van der Waals surface area (Å²) in [5.41, 5.74) is 0. The summed E-state index contributed by atoms with van der Waals surface area (Å²) < 4.78 is 11.0. The summed E-state index contributed by atoms with van der Waals surface area (Å²) in [7, 11) is 3.06. The lowest BCUT2D eigenvalue weighted by Crippen LogP contribution is -2.38. The summed E-state index contributed by atoms with van der Waals surface area (Å²) in [6, 6.07) is 0. The van der Waals surface area contributed by atoms with Gasteiger partial charge in [-0.15, -0.1) is 0 Å². The molecule has 0 fully saturated rings. The molecule has 0 spiro atoms. The minimum Gasteiger partial charge on any atom is -0.390 e. The predicted octanol–water partition coefficient (Wildman–Crippen LogP) is -0.734. The minimum absolute atomic E-state index is 0.140. The largest absolute Gasteiger partial charge is 0.390 e. The number of hydrogen-bond acceptors (Lipinski definition) is 4. The van der Waals surface area contributed by atoms with Crippen molar-refractivity contribution in [3.63, 3.8) is 0 Å². The molecule has 4 nitrogen and oxygen atoms in total. The highest BCUT2D eigenvalue weighted by molar-refractivity contribution is 7.84. The van der Waals surface area contributed by atoms with E-state index in [0.717, 1.165) is 0 Å². The van der Waals surface area contributed by atoms with Gasteiger partial charge in [0.15, 0.2) is 0 Å². The van der Waals surface area contributed by atoms with Gasteiger partial charge in [0.05, 0.1) is 6.10 Å². The average molecular weight is 222 g/mol. The fourth-order valence-electron chi connectivity index (χ4n) is 1.06. The third kappa shape index (κ3) is 7.44. The molecule has 0 aliphatic heterocycles. The van der Waals surface area contributed by atoms with Crippen molar-refractivity contribution < 1.29 is 9.32 Å². The highest BCUT2D eigenvalue weighted by Crippen LogP contribution is 1.90. The maximum absolute atomic E-state index is 11.0. The summed E-state index contributed by atoms with van der Waals surface area (Å²) in [5.74, 6) is 0. The summed E-state index contributed by atoms with van der Waals surface area (Å²) in [6.07, 6.45) is 1.34. The first kappa shape index (κ1) is 14.0. The lowest BCUT2D eigenvalue weighted by molar-refractivity contribution is 0.135. The first-order valence-electron chi connectivity index (χ1n) is 4.79. The van der Waals surface area contributed by atoms with Gasteiger partial charge in [0.25, 0.3) is 0 Å². The van der Waals surface area contributed by atoms with Crippen molar-refractivity contribution >= 4 is 10.8 Å². The molecule has 0 rings (SSSR count). The van der Waals surface area contributed by atoms with Crippen LogP contribution in [0.25, 0.3) is 0 Å². The molecule has 0 saturated carbocycles. The topological polar surface area (TPSA) is 52.6 Å². The maximum atomic E-state index is 11.0. The van der Waals surface area contributed by atoms with Crippen LogP contribution in [0.4, 0.5) is 0 Å². The molecule has 0 aliphatic carbocycles. The van der Waals surface area contributed by atoms with Crippen molar-refractivity contribution in [1.29, 1.82) is 0 Å². The predicted molar refractivity (Wildman–Crippen MR) is 61.0 cm³/mol. The highest BCUT2D eigenvalue weighted by Gasteiger charge is 2.08. The first-order valence-corrected chi connectivity index (χ1v) is 6.41. The smallest absolute Gasteiger partial charge is 0.0791 e. The SMILES string of the molecule is CC(CNCC(O)CN(C)C)S(C)=O. The Bertz CT molecular complexity index is 176. The zero-order valence-electron chi connectivity index (χ0n) is 9.49. The van der Waals surface area contributed by atoms with Gasteiger partial charge in [0.2, 0.25) is 0 Å². The molecule has 14 heavy (non-hydrogen) atoms. The lowest BCUT2D eigenvalue weighted by Gasteiger charge is -2.17. The molecule has 0 amide bonds. The number of hydrogen-bond donors (Lipinski definition) is 2. The molecular weight excluding hydrogens is 200 g/mol. The molecule has 0 aliphatic rings. The quantitative estimate of drug-likeness (QED) is 0.596. The minimum atomic E-state index is -0.790.